The Morgan fingerprint density at radius 2 is 1.95 bits per heavy atom. The van der Waals surface area contributed by atoms with Crippen molar-refractivity contribution in [1.29, 1.82) is 0 Å². The van der Waals surface area contributed by atoms with Gasteiger partial charge in [0.25, 0.3) is 0 Å². The molecule has 2 aromatic carbocycles. The molecule has 1 amide bonds. The Labute approximate surface area is 111 Å². The maximum atomic E-state index is 12.0. The van der Waals surface area contributed by atoms with Gasteiger partial charge in [-0.25, -0.2) is 0 Å². The van der Waals surface area contributed by atoms with Crippen molar-refractivity contribution in [2.45, 2.75) is 6.42 Å². The lowest BCUT2D eigenvalue weighted by Crippen LogP contribution is -2.24. The molecule has 1 aliphatic heterocycles. The fraction of sp³-hybridized carbons (Fsp3) is 0.188. The van der Waals surface area contributed by atoms with E-state index in [0.717, 1.165) is 16.5 Å². The average Bonchev–Trinajstić information content (AvgIpc) is 2.80. The van der Waals surface area contributed by atoms with Crippen LogP contribution in [0.2, 0.25) is 0 Å². The first-order valence-electron chi connectivity index (χ1n) is 6.18. The molecule has 3 rings (SSSR count). The van der Waals surface area contributed by atoms with Crippen LogP contribution in [0, 0.1) is 18.3 Å². The van der Waals surface area contributed by atoms with E-state index in [2.05, 4.69) is 5.92 Å². The van der Waals surface area contributed by atoms with E-state index in [-0.39, 0.29) is 17.6 Å². The number of hydrogen-bond acceptors (Lipinski definition) is 2. The van der Waals surface area contributed by atoms with Gasteiger partial charge in [-0.05, 0) is 12.1 Å². The number of terminal acetylenes is 1. The summed E-state index contributed by atoms with van der Waals surface area (Å²) in [7, 11) is 0. The van der Waals surface area contributed by atoms with Crippen LogP contribution in [0.3, 0.4) is 0 Å². The van der Waals surface area contributed by atoms with E-state index >= 15 is 0 Å². The van der Waals surface area contributed by atoms with Crippen molar-refractivity contribution in [3.8, 4) is 18.1 Å². The summed E-state index contributed by atoms with van der Waals surface area (Å²) in [6.07, 6.45) is 5.80. The minimum Gasteiger partial charge on any atom is -0.507 e. The highest BCUT2D eigenvalue weighted by atomic mass is 16.3. The summed E-state index contributed by atoms with van der Waals surface area (Å²) in [6, 6.07) is 10.9. The Bertz CT molecular complexity index is 699. The molecule has 1 aliphatic rings. The van der Waals surface area contributed by atoms with Gasteiger partial charge in [0.1, 0.15) is 5.75 Å². The van der Waals surface area contributed by atoms with Crippen LogP contribution in [0.5, 0.6) is 5.75 Å². The molecule has 3 heteroatoms. The zero-order valence-electron chi connectivity index (χ0n) is 10.3. The maximum absolute atomic E-state index is 12.0. The second-order valence-corrected chi connectivity index (χ2v) is 4.72. The number of benzene rings is 2. The second kappa shape index (κ2) is 4.33. The Morgan fingerprint density at radius 1 is 1.21 bits per heavy atom. The van der Waals surface area contributed by atoms with Gasteiger partial charge in [0, 0.05) is 29.7 Å². The first-order valence-corrected chi connectivity index (χ1v) is 6.18. The van der Waals surface area contributed by atoms with Crippen molar-refractivity contribution < 1.29 is 9.90 Å². The topological polar surface area (TPSA) is 40.5 Å². The van der Waals surface area contributed by atoms with Crippen molar-refractivity contribution >= 4 is 22.4 Å². The number of nitrogens with zero attached hydrogens (tertiary/aromatic N) is 1. The second-order valence-electron chi connectivity index (χ2n) is 4.72. The molecule has 2 aromatic rings. The van der Waals surface area contributed by atoms with Crippen LogP contribution in [-0.2, 0) is 4.79 Å². The molecule has 0 aromatic heterocycles. The van der Waals surface area contributed by atoms with Crippen molar-refractivity contribution in [1.82, 2.24) is 0 Å². The summed E-state index contributed by atoms with van der Waals surface area (Å²) < 4.78 is 0. The van der Waals surface area contributed by atoms with Crippen LogP contribution in [0.25, 0.3) is 10.8 Å². The summed E-state index contributed by atoms with van der Waals surface area (Å²) in [4.78, 5) is 13.8. The molecule has 19 heavy (non-hydrogen) atoms. The largest absolute Gasteiger partial charge is 0.507 e. The number of anilines is 1. The summed E-state index contributed by atoms with van der Waals surface area (Å²) in [5.41, 5.74) is 0.816. The van der Waals surface area contributed by atoms with E-state index < -0.39 is 0 Å². The molecule has 0 spiro atoms. The summed E-state index contributed by atoms with van der Waals surface area (Å²) in [6.45, 7) is 0.546. The van der Waals surface area contributed by atoms with Crippen molar-refractivity contribution in [3.63, 3.8) is 0 Å². The van der Waals surface area contributed by atoms with Gasteiger partial charge < -0.3 is 10.0 Å². The number of amides is 1. The Balaban J connectivity index is 2.14. The Hall–Kier alpha value is -2.47. The molecule has 3 nitrogen and oxygen atoms in total. The molecule has 1 unspecified atom stereocenters. The van der Waals surface area contributed by atoms with Crippen molar-refractivity contribution in [3.05, 3.63) is 36.4 Å². The summed E-state index contributed by atoms with van der Waals surface area (Å²) in [5, 5.41) is 11.5. The predicted octanol–water partition coefficient (Wildman–Crippen LogP) is 2.53. The van der Waals surface area contributed by atoms with Crippen LogP contribution in [-0.4, -0.2) is 17.6 Å². The van der Waals surface area contributed by atoms with E-state index in [1.807, 2.05) is 24.3 Å². The van der Waals surface area contributed by atoms with E-state index in [1.165, 1.54) is 0 Å². The maximum Gasteiger partial charge on any atom is 0.228 e. The fourth-order valence-electron chi connectivity index (χ4n) is 2.56. The lowest BCUT2D eigenvalue weighted by Gasteiger charge is -2.18. The number of hydrogen-bond donors (Lipinski definition) is 1. The quantitative estimate of drug-likeness (QED) is 0.791. The number of carbonyl (C=O) groups is 1. The third-order valence-electron chi connectivity index (χ3n) is 3.53. The average molecular weight is 251 g/mol. The molecule has 1 heterocycles. The molecule has 0 saturated carbocycles. The zero-order valence-corrected chi connectivity index (χ0v) is 10.3. The van der Waals surface area contributed by atoms with Gasteiger partial charge in [-0.15, -0.1) is 12.3 Å². The van der Waals surface area contributed by atoms with Crippen LogP contribution in [0.1, 0.15) is 6.42 Å². The first kappa shape index (κ1) is 11.6. The number of phenols is 1. The summed E-state index contributed by atoms with van der Waals surface area (Å²) in [5.74, 6) is 2.88. The van der Waals surface area contributed by atoms with Crippen LogP contribution >= 0.6 is 0 Å². The smallest absolute Gasteiger partial charge is 0.228 e. The lowest BCUT2D eigenvalue weighted by molar-refractivity contribution is -0.117. The summed E-state index contributed by atoms with van der Waals surface area (Å²) >= 11 is 0. The molecular weight excluding hydrogens is 238 g/mol. The molecule has 1 fully saturated rings. The number of carbonyl (C=O) groups excluding carboxylic acids is 1. The van der Waals surface area contributed by atoms with Gasteiger partial charge in [-0.1, -0.05) is 24.3 Å². The molecule has 1 N–H and O–H groups in total. The number of fused-ring (bicyclic) bond motifs is 1. The van der Waals surface area contributed by atoms with E-state index in [4.69, 9.17) is 6.42 Å². The lowest BCUT2D eigenvalue weighted by atomic mass is 10.1. The van der Waals surface area contributed by atoms with Crippen LogP contribution in [0.15, 0.2) is 36.4 Å². The van der Waals surface area contributed by atoms with Gasteiger partial charge in [0.15, 0.2) is 0 Å². The first-order chi connectivity index (χ1) is 9.20. The SMILES string of the molecule is C#CC1CC(=O)N(c2cccc3c(O)cccc23)C1. The van der Waals surface area contributed by atoms with E-state index in [9.17, 15) is 9.90 Å². The minimum atomic E-state index is -0.0277. The third-order valence-corrected chi connectivity index (χ3v) is 3.53. The monoisotopic (exact) mass is 251 g/mol. The van der Waals surface area contributed by atoms with Gasteiger partial charge in [0.05, 0.1) is 5.69 Å². The van der Waals surface area contributed by atoms with Crippen LogP contribution < -0.4 is 4.90 Å². The Morgan fingerprint density at radius 3 is 2.68 bits per heavy atom. The normalized spacial score (nSPS) is 18.8. The van der Waals surface area contributed by atoms with Crippen molar-refractivity contribution in [2.24, 2.45) is 5.92 Å². The number of aromatic hydroxyl groups is 1. The van der Waals surface area contributed by atoms with Crippen molar-refractivity contribution in [2.75, 3.05) is 11.4 Å². The molecule has 0 radical (unpaired) electrons. The van der Waals surface area contributed by atoms with Gasteiger partial charge in [-0.2, -0.15) is 0 Å². The van der Waals surface area contributed by atoms with Gasteiger partial charge in [0.2, 0.25) is 5.91 Å². The van der Waals surface area contributed by atoms with E-state index in [1.54, 1.807) is 17.0 Å². The molecule has 94 valence electrons. The zero-order chi connectivity index (χ0) is 13.4. The van der Waals surface area contributed by atoms with Gasteiger partial charge in [-0.3, -0.25) is 4.79 Å². The Kier molecular flexibility index (Phi) is 2.64. The van der Waals surface area contributed by atoms with Crippen LogP contribution in [0.4, 0.5) is 5.69 Å². The molecule has 0 aliphatic carbocycles. The highest BCUT2D eigenvalue weighted by Crippen LogP contribution is 2.34. The minimum absolute atomic E-state index is 0.0277. The predicted molar refractivity (Wildman–Crippen MR) is 74.9 cm³/mol. The number of rotatable bonds is 1. The highest BCUT2D eigenvalue weighted by Gasteiger charge is 2.30. The third kappa shape index (κ3) is 1.82. The molecule has 1 atom stereocenters. The number of phenolic OH excluding ortho intramolecular Hbond substituents is 1. The fourth-order valence-corrected chi connectivity index (χ4v) is 2.56. The standard InChI is InChI=1S/C16H13NO2/c1-2-11-9-16(19)17(10-11)14-7-3-6-13-12(14)5-4-8-15(13)18/h1,3-8,11,18H,9-10H2. The molecular formula is C16H13NO2. The van der Waals surface area contributed by atoms with E-state index in [0.29, 0.717) is 13.0 Å². The molecule has 0 bridgehead atoms. The molecule has 1 saturated heterocycles. The van der Waals surface area contributed by atoms with Gasteiger partial charge >= 0.3 is 0 Å². The highest BCUT2D eigenvalue weighted by molar-refractivity contribution is 6.06.